The van der Waals surface area contributed by atoms with Crippen LogP contribution in [0.2, 0.25) is 10.0 Å². The molecule has 0 aliphatic heterocycles. The molecule has 0 heterocycles. The first kappa shape index (κ1) is 32.2. The van der Waals surface area contributed by atoms with Crippen LogP contribution in [0.3, 0.4) is 0 Å². The van der Waals surface area contributed by atoms with Crippen LogP contribution in [0.15, 0.2) is 72.8 Å². The van der Waals surface area contributed by atoms with Crippen LogP contribution in [0.4, 0.5) is 5.69 Å². The number of nitrogens with one attached hydrogen (secondary N) is 1. The second-order valence-corrected chi connectivity index (χ2v) is 12.1. The molecule has 0 radical (unpaired) electrons. The van der Waals surface area contributed by atoms with Gasteiger partial charge in [-0.3, -0.25) is 13.9 Å². The Morgan fingerprint density at radius 1 is 0.951 bits per heavy atom. The Morgan fingerprint density at radius 3 is 2.15 bits per heavy atom. The van der Waals surface area contributed by atoms with Gasteiger partial charge in [0.2, 0.25) is 21.8 Å². The van der Waals surface area contributed by atoms with E-state index < -0.39 is 16.1 Å². The second-order valence-electron chi connectivity index (χ2n) is 9.41. The van der Waals surface area contributed by atoms with Crippen molar-refractivity contribution >= 4 is 50.7 Å². The van der Waals surface area contributed by atoms with Gasteiger partial charge in [0.25, 0.3) is 0 Å². The van der Waals surface area contributed by atoms with Crippen LogP contribution in [0.1, 0.15) is 30.9 Å². The van der Waals surface area contributed by atoms with Gasteiger partial charge in [0.15, 0.2) is 0 Å². The molecule has 0 saturated heterocycles. The minimum absolute atomic E-state index is 0.00654. The standard InChI is InChI=1S/C30H35Cl2N3O5S/c1-4-40-24-17-15-23(16-18-24)35(41(3,38)39)19-9-14-29(36)34(21-25-26(31)12-8-13-27(25)32)28(30(37)33-2)20-22-10-6-5-7-11-22/h5-8,10-13,15-18,28H,4,9,14,19-21H2,1-3H3,(H,33,37)/t28-/m0/s1. The highest BCUT2D eigenvalue weighted by atomic mass is 35.5. The highest BCUT2D eigenvalue weighted by Gasteiger charge is 2.31. The van der Waals surface area contributed by atoms with Gasteiger partial charge < -0.3 is 15.0 Å². The molecule has 220 valence electrons. The van der Waals surface area contributed by atoms with E-state index >= 15 is 0 Å². The van der Waals surface area contributed by atoms with Gasteiger partial charge in [-0.05, 0) is 55.3 Å². The molecule has 1 atom stereocenters. The number of carbonyl (C=O) groups is 2. The van der Waals surface area contributed by atoms with Crippen LogP contribution in [0.25, 0.3) is 0 Å². The molecule has 0 aliphatic carbocycles. The average molecular weight is 621 g/mol. The Labute approximate surface area is 252 Å². The lowest BCUT2D eigenvalue weighted by molar-refractivity contribution is -0.141. The van der Waals surface area contributed by atoms with Crippen molar-refractivity contribution < 1.29 is 22.7 Å². The van der Waals surface area contributed by atoms with Crippen LogP contribution in [-0.2, 0) is 32.6 Å². The minimum atomic E-state index is -3.63. The maximum atomic E-state index is 13.8. The van der Waals surface area contributed by atoms with Crippen LogP contribution in [-0.4, -0.2) is 57.6 Å². The summed E-state index contributed by atoms with van der Waals surface area (Å²) in [4.78, 5) is 28.4. The first-order valence-electron chi connectivity index (χ1n) is 13.2. The zero-order valence-electron chi connectivity index (χ0n) is 23.3. The molecule has 3 rings (SSSR count). The number of carbonyl (C=O) groups excluding carboxylic acids is 2. The van der Waals surface area contributed by atoms with Gasteiger partial charge in [0.1, 0.15) is 11.8 Å². The van der Waals surface area contributed by atoms with Crippen molar-refractivity contribution in [3.8, 4) is 5.75 Å². The number of nitrogens with zero attached hydrogens (tertiary/aromatic N) is 2. The topological polar surface area (TPSA) is 96.0 Å². The minimum Gasteiger partial charge on any atom is -0.494 e. The molecule has 11 heteroatoms. The molecule has 0 bridgehead atoms. The number of ether oxygens (including phenoxy) is 1. The summed E-state index contributed by atoms with van der Waals surface area (Å²) < 4.78 is 32.0. The van der Waals surface area contributed by atoms with Gasteiger partial charge in [-0.1, -0.05) is 59.6 Å². The lowest BCUT2D eigenvalue weighted by Crippen LogP contribution is -2.50. The highest BCUT2D eigenvalue weighted by molar-refractivity contribution is 7.92. The monoisotopic (exact) mass is 619 g/mol. The van der Waals surface area contributed by atoms with Crippen molar-refractivity contribution in [2.45, 2.75) is 38.8 Å². The Balaban J connectivity index is 1.86. The summed E-state index contributed by atoms with van der Waals surface area (Å²) in [6.07, 6.45) is 1.61. The molecule has 2 amide bonds. The van der Waals surface area contributed by atoms with E-state index in [0.29, 0.717) is 33.7 Å². The Bertz CT molecular complexity index is 1400. The fourth-order valence-electron chi connectivity index (χ4n) is 4.45. The SMILES string of the molecule is CCOc1ccc(N(CCCC(=O)N(Cc2c(Cl)cccc2Cl)[C@@H](Cc2ccccc2)C(=O)NC)S(C)(=O)=O)cc1. The lowest BCUT2D eigenvalue weighted by atomic mass is 10.0. The van der Waals surface area contributed by atoms with E-state index in [1.165, 1.54) is 16.3 Å². The summed E-state index contributed by atoms with van der Waals surface area (Å²) >= 11 is 12.9. The molecule has 3 aromatic carbocycles. The molecule has 0 aromatic heterocycles. The van der Waals surface area contributed by atoms with Crippen LogP contribution in [0, 0.1) is 0 Å². The molecule has 8 nitrogen and oxygen atoms in total. The summed E-state index contributed by atoms with van der Waals surface area (Å²) in [6, 6.07) is 20.4. The first-order valence-corrected chi connectivity index (χ1v) is 15.8. The van der Waals surface area contributed by atoms with E-state index in [2.05, 4.69) is 5.32 Å². The number of rotatable bonds is 14. The molecule has 0 saturated carbocycles. The van der Waals surface area contributed by atoms with E-state index in [0.717, 1.165) is 11.8 Å². The maximum Gasteiger partial charge on any atom is 0.242 e. The van der Waals surface area contributed by atoms with Crippen molar-refractivity contribution in [2.75, 3.05) is 30.8 Å². The molecule has 0 unspecified atom stereocenters. The quantitative estimate of drug-likeness (QED) is 0.263. The van der Waals surface area contributed by atoms with Crippen molar-refractivity contribution in [2.24, 2.45) is 0 Å². The number of likely N-dealkylation sites (N-methyl/N-ethyl adjacent to an activating group) is 1. The summed E-state index contributed by atoms with van der Waals surface area (Å²) in [6.45, 7) is 2.44. The van der Waals surface area contributed by atoms with Crippen molar-refractivity contribution in [3.63, 3.8) is 0 Å². The molecule has 1 N–H and O–H groups in total. The van der Waals surface area contributed by atoms with Gasteiger partial charge in [-0.25, -0.2) is 8.42 Å². The summed E-state index contributed by atoms with van der Waals surface area (Å²) in [7, 11) is -2.11. The zero-order chi connectivity index (χ0) is 30.0. The number of sulfonamides is 1. The predicted molar refractivity (Wildman–Crippen MR) is 164 cm³/mol. The smallest absolute Gasteiger partial charge is 0.242 e. The third-order valence-corrected chi connectivity index (χ3v) is 8.40. The molecular formula is C30H35Cl2N3O5S. The normalized spacial score (nSPS) is 11.9. The van der Waals surface area contributed by atoms with Gasteiger partial charge in [-0.2, -0.15) is 0 Å². The van der Waals surface area contributed by atoms with E-state index in [4.69, 9.17) is 27.9 Å². The van der Waals surface area contributed by atoms with Gasteiger partial charge >= 0.3 is 0 Å². The lowest BCUT2D eigenvalue weighted by Gasteiger charge is -2.32. The number of benzene rings is 3. The van der Waals surface area contributed by atoms with Crippen molar-refractivity contribution in [3.05, 3.63) is 94.0 Å². The summed E-state index contributed by atoms with van der Waals surface area (Å²) in [5, 5.41) is 3.43. The van der Waals surface area contributed by atoms with Crippen molar-refractivity contribution in [1.82, 2.24) is 10.2 Å². The number of hydrogen-bond donors (Lipinski definition) is 1. The summed E-state index contributed by atoms with van der Waals surface area (Å²) in [5.41, 5.74) is 1.87. The molecule has 0 aliphatic rings. The highest BCUT2D eigenvalue weighted by Crippen LogP contribution is 2.28. The Morgan fingerprint density at radius 2 is 1.59 bits per heavy atom. The molecule has 41 heavy (non-hydrogen) atoms. The molecule has 0 fully saturated rings. The Hall–Kier alpha value is -3.27. The predicted octanol–water partition coefficient (Wildman–Crippen LogP) is 5.32. The third kappa shape index (κ3) is 9.11. The number of amides is 2. The van der Waals surface area contributed by atoms with E-state index in [9.17, 15) is 18.0 Å². The summed E-state index contributed by atoms with van der Waals surface area (Å²) in [5.74, 6) is -0.0318. The molecule has 3 aromatic rings. The van der Waals surface area contributed by atoms with Crippen molar-refractivity contribution in [1.29, 1.82) is 0 Å². The third-order valence-electron chi connectivity index (χ3n) is 6.50. The van der Waals surface area contributed by atoms with Gasteiger partial charge in [0, 0.05) is 48.6 Å². The maximum absolute atomic E-state index is 13.8. The second kappa shape index (κ2) is 15.1. The molecule has 0 spiro atoms. The number of halogens is 2. The molecular weight excluding hydrogens is 585 g/mol. The Kier molecular flexibility index (Phi) is 11.9. The zero-order valence-corrected chi connectivity index (χ0v) is 25.7. The van der Waals surface area contributed by atoms with Gasteiger partial charge in [-0.15, -0.1) is 0 Å². The largest absolute Gasteiger partial charge is 0.494 e. The fourth-order valence-corrected chi connectivity index (χ4v) is 5.94. The average Bonchev–Trinajstić information content (AvgIpc) is 2.94. The number of hydrogen-bond acceptors (Lipinski definition) is 5. The van der Waals surface area contributed by atoms with E-state index in [1.807, 2.05) is 37.3 Å². The van der Waals surface area contributed by atoms with E-state index in [1.54, 1.807) is 42.5 Å². The van der Waals surface area contributed by atoms with Gasteiger partial charge in [0.05, 0.1) is 18.6 Å². The van der Waals surface area contributed by atoms with E-state index in [-0.39, 0.29) is 44.2 Å². The van der Waals surface area contributed by atoms with Crippen LogP contribution < -0.4 is 14.4 Å². The number of anilines is 1. The fraction of sp³-hybridized carbons (Fsp3) is 0.333. The van der Waals surface area contributed by atoms with Crippen LogP contribution >= 0.6 is 23.2 Å². The van der Waals surface area contributed by atoms with Crippen LogP contribution in [0.5, 0.6) is 5.75 Å². The first-order chi connectivity index (χ1) is 19.5.